The minimum Gasteiger partial charge on any atom is -0.0943 e. The Morgan fingerprint density at radius 1 is 1.64 bits per heavy atom. The quantitative estimate of drug-likeness (QED) is 0.572. The molecule has 2 heteroatoms. The normalized spacial score (nSPS) is 22.3. The van der Waals surface area contributed by atoms with Crippen LogP contribution in [0.4, 0.5) is 0 Å². The summed E-state index contributed by atoms with van der Waals surface area (Å²) < 4.78 is 1.06. The van der Waals surface area contributed by atoms with Crippen molar-refractivity contribution in [3.63, 3.8) is 0 Å². The fourth-order valence-corrected chi connectivity index (χ4v) is 2.44. The molecule has 11 heavy (non-hydrogen) atoms. The van der Waals surface area contributed by atoms with Crippen molar-refractivity contribution in [1.29, 1.82) is 0 Å². The van der Waals surface area contributed by atoms with Crippen molar-refractivity contribution >= 4 is 28.2 Å². The van der Waals surface area contributed by atoms with Gasteiger partial charge in [-0.05, 0) is 11.5 Å². The van der Waals surface area contributed by atoms with Crippen LogP contribution in [0.5, 0.6) is 0 Å². The summed E-state index contributed by atoms with van der Waals surface area (Å²) in [6, 6.07) is 0. The second-order valence-electron chi connectivity index (χ2n) is 3.03. The fourth-order valence-electron chi connectivity index (χ4n) is 0.947. The third-order valence-electron chi connectivity index (χ3n) is 1.41. The topological polar surface area (TPSA) is 0 Å². The Morgan fingerprint density at radius 3 is 2.64 bits per heavy atom. The van der Waals surface area contributed by atoms with Crippen molar-refractivity contribution in [2.75, 3.05) is 0 Å². The number of thioether (sulfide) groups is 1. The van der Waals surface area contributed by atoms with Gasteiger partial charge in [-0.15, -0.1) is 0 Å². The van der Waals surface area contributed by atoms with E-state index in [1.54, 1.807) is 11.8 Å². The minimum atomic E-state index is 0.593. The van der Waals surface area contributed by atoms with Crippen LogP contribution in [0.25, 0.3) is 0 Å². The lowest BCUT2D eigenvalue weighted by Gasteiger charge is -1.98. The van der Waals surface area contributed by atoms with E-state index in [-0.39, 0.29) is 0 Å². The predicted molar refractivity (Wildman–Crippen MR) is 56.9 cm³/mol. The van der Waals surface area contributed by atoms with Gasteiger partial charge < -0.3 is 0 Å². The molecule has 1 aliphatic heterocycles. The highest BCUT2D eigenvalue weighted by molar-refractivity contribution is 8.26. The molecule has 0 amide bonds. The molecule has 0 aromatic carbocycles. The maximum atomic E-state index is 5.09. The zero-order chi connectivity index (χ0) is 8.43. The van der Waals surface area contributed by atoms with Crippen LogP contribution in [0.1, 0.15) is 20.3 Å². The molecular weight excluding hydrogens is 172 g/mol. The third-order valence-corrected chi connectivity index (χ3v) is 2.83. The van der Waals surface area contributed by atoms with Gasteiger partial charge in [-0.2, -0.15) is 0 Å². The van der Waals surface area contributed by atoms with E-state index in [0.29, 0.717) is 5.92 Å². The number of rotatable bonds is 1. The van der Waals surface area contributed by atoms with Gasteiger partial charge in [0.25, 0.3) is 0 Å². The summed E-state index contributed by atoms with van der Waals surface area (Å²) in [5, 5.41) is 0. The standard InChI is InChI=1S/C9H12S2/c1-6(2)4-8-7(3)5-9(10)11-8/h4,6H,3,5H2,1-2H3/b8-4+. The molecule has 1 rings (SSSR count). The van der Waals surface area contributed by atoms with Crippen molar-refractivity contribution in [1.82, 2.24) is 0 Å². The first-order valence-electron chi connectivity index (χ1n) is 3.70. The van der Waals surface area contributed by atoms with Gasteiger partial charge in [-0.25, -0.2) is 0 Å². The van der Waals surface area contributed by atoms with E-state index in [1.807, 2.05) is 0 Å². The van der Waals surface area contributed by atoms with Crippen molar-refractivity contribution in [2.45, 2.75) is 20.3 Å². The Labute approximate surface area is 77.8 Å². The van der Waals surface area contributed by atoms with Crippen LogP contribution in [-0.2, 0) is 0 Å². The summed E-state index contributed by atoms with van der Waals surface area (Å²) in [5.41, 5.74) is 1.19. The largest absolute Gasteiger partial charge is 0.0943 e. The predicted octanol–water partition coefficient (Wildman–Crippen LogP) is 3.55. The van der Waals surface area contributed by atoms with Gasteiger partial charge >= 0.3 is 0 Å². The summed E-state index contributed by atoms with van der Waals surface area (Å²) in [4.78, 5) is 1.28. The zero-order valence-electron chi connectivity index (χ0n) is 6.89. The highest BCUT2D eigenvalue weighted by atomic mass is 32.2. The molecule has 1 fully saturated rings. The molecule has 0 nitrogen and oxygen atoms in total. The summed E-state index contributed by atoms with van der Waals surface area (Å²) >= 11 is 6.78. The molecule has 0 spiro atoms. The van der Waals surface area contributed by atoms with Crippen LogP contribution in [0.2, 0.25) is 0 Å². The molecule has 1 saturated heterocycles. The smallest absolute Gasteiger partial charge is 0.0571 e. The second-order valence-corrected chi connectivity index (χ2v) is 4.92. The Bertz CT molecular complexity index is 224. The highest BCUT2D eigenvalue weighted by Crippen LogP contribution is 2.37. The molecule has 0 aromatic rings. The monoisotopic (exact) mass is 184 g/mol. The Hall–Kier alpha value is -0.0800. The maximum Gasteiger partial charge on any atom is 0.0571 e. The number of allylic oxidation sites excluding steroid dienone is 2. The molecule has 0 aromatic heterocycles. The van der Waals surface area contributed by atoms with Gasteiger partial charge in [0.05, 0.1) is 4.20 Å². The molecule has 0 radical (unpaired) electrons. The van der Waals surface area contributed by atoms with E-state index in [0.717, 1.165) is 10.6 Å². The van der Waals surface area contributed by atoms with Crippen LogP contribution in [0, 0.1) is 5.92 Å². The van der Waals surface area contributed by atoms with E-state index in [2.05, 4.69) is 26.5 Å². The van der Waals surface area contributed by atoms with E-state index >= 15 is 0 Å². The molecule has 0 saturated carbocycles. The van der Waals surface area contributed by atoms with Crippen molar-refractivity contribution in [3.05, 3.63) is 23.1 Å². The van der Waals surface area contributed by atoms with E-state index in [1.165, 1.54) is 10.5 Å². The molecule has 0 aliphatic carbocycles. The first-order valence-corrected chi connectivity index (χ1v) is 4.92. The molecule has 60 valence electrons. The third kappa shape index (κ3) is 2.46. The van der Waals surface area contributed by atoms with Crippen LogP contribution < -0.4 is 0 Å². The fraction of sp³-hybridized carbons (Fsp3) is 0.444. The lowest BCUT2D eigenvalue weighted by atomic mass is 10.1. The van der Waals surface area contributed by atoms with Gasteiger partial charge in [0.2, 0.25) is 0 Å². The molecular formula is C9H12S2. The van der Waals surface area contributed by atoms with Gasteiger partial charge in [0.1, 0.15) is 0 Å². The van der Waals surface area contributed by atoms with E-state index in [9.17, 15) is 0 Å². The van der Waals surface area contributed by atoms with Crippen molar-refractivity contribution in [3.8, 4) is 0 Å². The Morgan fingerprint density at radius 2 is 2.27 bits per heavy atom. The number of hydrogen-bond acceptors (Lipinski definition) is 2. The number of thiocarbonyl (C=S) groups is 1. The van der Waals surface area contributed by atoms with Crippen LogP contribution in [0.15, 0.2) is 23.1 Å². The zero-order valence-corrected chi connectivity index (χ0v) is 8.52. The first kappa shape index (κ1) is 9.01. The first-order chi connectivity index (χ1) is 5.09. The van der Waals surface area contributed by atoms with Gasteiger partial charge in [-0.3, -0.25) is 0 Å². The Balaban J connectivity index is 2.75. The molecule has 0 bridgehead atoms. The van der Waals surface area contributed by atoms with Gasteiger partial charge in [-0.1, -0.05) is 50.5 Å². The van der Waals surface area contributed by atoms with Crippen molar-refractivity contribution in [2.24, 2.45) is 5.92 Å². The van der Waals surface area contributed by atoms with E-state index in [4.69, 9.17) is 12.2 Å². The average Bonchev–Trinajstić information content (AvgIpc) is 2.09. The summed E-state index contributed by atoms with van der Waals surface area (Å²) in [6.45, 7) is 8.30. The molecule has 1 heterocycles. The molecule has 0 atom stereocenters. The summed E-state index contributed by atoms with van der Waals surface area (Å²) in [5.74, 6) is 0.593. The minimum absolute atomic E-state index is 0.593. The molecule has 0 unspecified atom stereocenters. The second kappa shape index (κ2) is 3.55. The SMILES string of the molecule is C=C1CC(=S)S/C1=C/C(C)C. The van der Waals surface area contributed by atoms with Gasteiger partial charge in [0.15, 0.2) is 0 Å². The van der Waals surface area contributed by atoms with E-state index < -0.39 is 0 Å². The summed E-state index contributed by atoms with van der Waals surface area (Å²) in [7, 11) is 0. The maximum absolute atomic E-state index is 5.09. The average molecular weight is 184 g/mol. The highest BCUT2D eigenvalue weighted by Gasteiger charge is 2.16. The molecule has 1 aliphatic rings. The lowest BCUT2D eigenvalue weighted by Crippen LogP contribution is -1.81. The Kier molecular flexibility index (Phi) is 2.90. The van der Waals surface area contributed by atoms with Crippen LogP contribution >= 0.6 is 24.0 Å². The lowest BCUT2D eigenvalue weighted by molar-refractivity contribution is 0.829. The number of hydrogen-bond donors (Lipinski definition) is 0. The summed E-state index contributed by atoms with van der Waals surface area (Å²) in [6.07, 6.45) is 3.13. The molecule has 0 N–H and O–H groups in total. The van der Waals surface area contributed by atoms with Crippen LogP contribution in [-0.4, -0.2) is 4.20 Å². The van der Waals surface area contributed by atoms with Crippen molar-refractivity contribution < 1.29 is 0 Å². The van der Waals surface area contributed by atoms with Gasteiger partial charge in [0, 0.05) is 11.3 Å². The van der Waals surface area contributed by atoms with Crippen LogP contribution in [0.3, 0.4) is 0 Å².